The third-order valence-corrected chi connectivity index (χ3v) is 2.40. The zero-order valence-electron chi connectivity index (χ0n) is 6.28. The fourth-order valence-corrected chi connectivity index (χ4v) is 1.36. The van der Waals surface area contributed by atoms with Crippen LogP contribution in [0.25, 0.3) is 0 Å². The first kappa shape index (κ1) is 9.68. The third kappa shape index (κ3) is 1.84. The van der Waals surface area contributed by atoms with Gasteiger partial charge in [-0.2, -0.15) is 10.5 Å². The summed E-state index contributed by atoms with van der Waals surface area (Å²) >= 11 is 1.76. The van der Waals surface area contributed by atoms with E-state index in [1.54, 1.807) is 34.7 Å². The van der Waals surface area contributed by atoms with Crippen LogP contribution < -0.4 is 5.56 Å². The van der Waals surface area contributed by atoms with Crippen molar-refractivity contribution in [2.75, 3.05) is 0 Å². The molecule has 0 spiro atoms. The molecular weight excluding hydrogens is 283 g/mol. The minimum Gasteiger partial charge on any atom is -0.312 e. The molecule has 0 saturated heterocycles. The fraction of sp³-hybridized carbons (Fsp3) is 0.143. The third-order valence-electron chi connectivity index (χ3n) is 1.36. The second-order valence-electron chi connectivity index (χ2n) is 2.12. The van der Waals surface area contributed by atoms with Crippen LogP contribution in [0.2, 0.25) is 0 Å². The molecule has 0 saturated carbocycles. The van der Waals surface area contributed by atoms with E-state index in [-0.39, 0.29) is 14.8 Å². The van der Waals surface area contributed by atoms with E-state index in [1.165, 1.54) is 6.33 Å². The number of rotatable bonds is 1. The van der Waals surface area contributed by atoms with E-state index in [2.05, 4.69) is 9.97 Å². The number of aromatic nitrogens is 2. The van der Waals surface area contributed by atoms with Crippen LogP contribution in [0.4, 0.5) is 0 Å². The lowest BCUT2D eigenvalue weighted by Gasteiger charge is -1.99. The smallest absolute Gasteiger partial charge is 0.264 e. The maximum atomic E-state index is 11.1. The highest BCUT2D eigenvalue weighted by Crippen LogP contribution is 2.14. The van der Waals surface area contributed by atoms with Crippen molar-refractivity contribution in [1.82, 2.24) is 9.97 Å². The first-order chi connectivity index (χ1) is 6.20. The van der Waals surface area contributed by atoms with Crippen molar-refractivity contribution in [1.29, 1.82) is 10.5 Å². The lowest BCUT2D eigenvalue weighted by Crippen LogP contribution is -2.15. The van der Waals surface area contributed by atoms with Crippen LogP contribution in [0.15, 0.2) is 11.1 Å². The minimum atomic E-state index is -0.978. The Bertz CT molecular complexity index is 439. The molecule has 1 aromatic heterocycles. The summed E-state index contributed by atoms with van der Waals surface area (Å²) in [4.78, 5) is 17.2. The maximum absolute atomic E-state index is 11.1. The fourth-order valence-electron chi connectivity index (χ4n) is 0.749. The normalized spacial score (nSPS) is 9.23. The van der Waals surface area contributed by atoms with Gasteiger partial charge in [-0.05, 0) is 22.6 Å². The molecule has 1 rings (SSSR count). The summed E-state index contributed by atoms with van der Waals surface area (Å²) in [5.41, 5.74) is -0.115. The summed E-state index contributed by atoms with van der Waals surface area (Å²) in [5.74, 6) is -0.978. The number of aromatic amines is 1. The Kier molecular flexibility index (Phi) is 2.98. The summed E-state index contributed by atoms with van der Waals surface area (Å²) in [6, 6.07) is 3.51. The van der Waals surface area contributed by atoms with Gasteiger partial charge in [0.2, 0.25) is 0 Å². The Morgan fingerprint density at radius 3 is 2.69 bits per heavy atom. The van der Waals surface area contributed by atoms with Crippen molar-refractivity contribution in [2.45, 2.75) is 5.92 Å². The second-order valence-corrected chi connectivity index (χ2v) is 3.20. The van der Waals surface area contributed by atoms with Crippen molar-refractivity contribution in [3.63, 3.8) is 0 Å². The molecule has 6 heteroatoms. The molecule has 0 aliphatic heterocycles. The van der Waals surface area contributed by atoms with Gasteiger partial charge in [-0.15, -0.1) is 0 Å². The molecule has 1 N–H and O–H groups in total. The Balaban J connectivity index is 3.34. The second kappa shape index (κ2) is 4.01. The van der Waals surface area contributed by atoms with E-state index in [0.29, 0.717) is 0 Å². The molecular formula is C7H3IN4O. The van der Waals surface area contributed by atoms with Crippen LogP contribution >= 0.6 is 22.6 Å². The highest BCUT2D eigenvalue weighted by Gasteiger charge is 2.16. The summed E-state index contributed by atoms with van der Waals surface area (Å²) in [6.07, 6.45) is 1.18. The van der Waals surface area contributed by atoms with Crippen molar-refractivity contribution in [3.05, 3.63) is 25.9 Å². The average molecular weight is 286 g/mol. The quantitative estimate of drug-likeness (QED) is 0.761. The van der Waals surface area contributed by atoms with Crippen LogP contribution in [-0.4, -0.2) is 9.97 Å². The number of hydrogen-bond donors (Lipinski definition) is 1. The van der Waals surface area contributed by atoms with E-state index < -0.39 is 5.92 Å². The molecule has 0 unspecified atom stereocenters. The van der Waals surface area contributed by atoms with Crippen molar-refractivity contribution in [2.24, 2.45) is 0 Å². The van der Waals surface area contributed by atoms with Gasteiger partial charge < -0.3 is 4.98 Å². The predicted molar refractivity (Wildman–Crippen MR) is 51.5 cm³/mol. The van der Waals surface area contributed by atoms with Crippen LogP contribution in [0.3, 0.4) is 0 Å². The molecule has 0 aromatic carbocycles. The molecule has 64 valence electrons. The van der Waals surface area contributed by atoms with Crippen LogP contribution in [0.5, 0.6) is 0 Å². The number of H-pyrrole nitrogens is 1. The highest BCUT2D eigenvalue weighted by atomic mass is 127. The number of nitriles is 2. The largest absolute Gasteiger partial charge is 0.312 e. The minimum absolute atomic E-state index is 0.217. The average Bonchev–Trinajstić information content (AvgIpc) is 2.14. The summed E-state index contributed by atoms with van der Waals surface area (Å²) in [6.45, 7) is 0. The molecule has 1 aromatic rings. The Morgan fingerprint density at radius 1 is 1.54 bits per heavy atom. The number of nitrogens with one attached hydrogen (secondary N) is 1. The molecule has 0 bridgehead atoms. The molecule has 5 nitrogen and oxygen atoms in total. The van der Waals surface area contributed by atoms with Crippen LogP contribution in [0, 0.1) is 26.2 Å². The van der Waals surface area contributed by atoms with Gasteiger partial charge in [0, 0.05) is 0 Å². The Hall–Kier alpha value is -1.41. The van der Waals surface area contributed by atoms with Crippen molar-refractivity contribution < 1.29 is 0 Å². The zero-order valence-corrected chi connectivity index (χ0v) is 8.44. The van der Waals surface area contributed by atoms with Gasteiger partial charge in [0.05, 0.1) is 24.2 Å². The first-order valence-corrected chi connectivity index (χ1v) is 4.31. The molecule has 0 aliphatic carbocycles. The molecule has 0 amide bonds. The predicted octanol–water partition coefficient (Wildman–Crippen LogP) is 0.505. The molecule has 0 fully saturated rings. The lowest BCUT2D eigenvalue weighted by molar-refractivity contribution is 0.947. The van der Waals surface area contributed by atoms with Crippen LogP contribution in [0.1, 0.15) is 11.6 Å². The van der Waals surface area contributed by atoms with Crippen LogP contribution in [-0.2, 0) is 0 Å². The SMILES string of the molecule is N#CC(C#N)c1nc[nH]c(=O)c1I. The number of halogens is 1. The van der Waals surface area contributed by atoms with E-state index in [4.69, 9.17) is 10.5 Å². The Labute approximate surface area is 87.2 Å². The summed E-state index contributed by atoms with van der Waals surface area (Å²) in [7, 11) is 0. The van der Waals surface area contributed by atoms with Gasteiger partial charge in [0.15, 0.2) is 5.92 Å². The number of nitrogens with zero attached hydrogens (tertiary/aromatic N) is 3. The summed E-state index contributed by atoms with van der Waals surface area (Å²) in [5, 5.41) is 17.1. The number of hydrogen-bond acceptors (Lipinski definition) is 4. The molecule has 1 heterocycles. The molecule has 0 aliphatic rings. The van der Waals surface area contributed by atoms with Gasteiger partial charge in [0.1, 0.15) is 3.57 Å². The van der Waals surface area contributed by atoms with Crippen molar-refractivity contribution >= 4 is 22.6 Å². The Morgan fingerprint density at radius 2 is 2.15 bits per heavy atom. The van der Waals surface area contributed by atoms with E-state index in [0.717, 1.165) is 0 Å². The van der Waals surface area contributed by atoms with E-state index in [9.17, 15) is 4.79 Å². The first-order valence-electron chi connectivity index (χ1n) is 3.23. The standard InChI is InChI=1S/C7H3IN4O/c8-5-6(4(1-9)2-10)11-3-12-7(5)13/h3-4H,(H,11,12,13). The molecule has 0 radical (unpaired) electrons. The topological polar surface area (TPSA) is 93.3 Å². The zero-order chi connectivity index (χ0) is 9.84. The lowest BCUT2D eigenvalue weighted by atomic mass is 10.1. The maximum Gasteiger partial charge on any atom is 0.264 e. The summed E-state index contributed by atoms with van der Waals surface area (Å²) < 4.78 is 0.285. The highest BCUT2D eigenvalue weighted by molar-refractivity contribution is 14.1. The van der Waals surface area contributed by atoms with Gasteiger partial charge in [-0.1, -0.05) is 0 Å². The van der Waals surface area contributed by atoms with E-state index in [1.807, 2.05) is 0 Å². The van der Waals surface area contributed by atoms with Gasteiger partial charge in [0.25, 0.3) is 5.56 Å². The van der Waals surface area contributed by atoms with Gasteiger partial charge >= 0.3 is 0 Å². The molecule has 13 heavy (non-hydrogen) atoms. The van der Waals surface area contributed by atoms with Gasteiger partial charge in [-0.3, -0.25) is 4.79 Å². The van der Waals surface area contributed by atoms with Crippen molar-refractivity contribution in [3.8, 4) is 12.1 Å². The van der Waals surface area contributed by atoms with E-state index >= 15 is 0 Å². The monoisotopic (exact) mass is 286 g/mol. The molecule has 0 atom stereocenters. The van der Waals surface area contributed by atoms with Gasteiger partial charge in [-0.25, -0.2) is 4.98 Å².